The second kappa shape index (κ2) is 33.3. The van der Waals surface area contributed by atoms with Gasteiger partial charge in [-0.25, -0.2) is 30.2 Å². The predicted molar refractivity (Wildman–Crippen MR) is 411 cm³/mol. The van der Waals surface area contributed by atoms with Crippen LogP contribution >= 0.6 is 54.3 Å². The van der Waals surface area contributed by atoms with Crippen LogP contribution in [0.4, 0.5) is 17.8 Å². The Labute approximate surface area is 656 Å². The summed E-state index contributed by atoms with van der Waals surface area (Å²) >= 11 is 2.81. The standard InChI is InChI=1S/3C22H27N6O8PS/c3*1-11(12-6-4-3-5-7-12)35-19(31)13-9-38-37(33,27-13)34-8-14-16(29)22(2,32)20(36-14)28-10-24-15-17(28)25-21(23)26-18(15)30/h3*3-7,10-11,13-14,16,20,29,32H,8-9H2,1-2H3,(H,27,33)(H3,23,25,26,30)/t11-,13+,14?,16-,20-,22-,37?;11-,13+,14?,16-,20-,22-,37+;11-,13+,14?,16-,20-,22-,37-/m111/s1. The Kier molecular flexibility index (Phi) is 24.5. The van der Waals surface area contributed by atoms with Gasteiger partial charge in [-0.3, -0.25) is 71.1 Å². The van der Waals surface area contributed by atoms with Crippen LogP contribution in [0.15, 0.2) is 124 Å². The normalized spacial score (nSPS) is 32.0. The number of H-pyrrole nitrogens is 3. The Balaban J connectivity index is 0.000000149. The molecule has 0 aliphatic carbocycles. The van der Waals surface area contributed by atoms with Crippen LogP contribution in [0.5, 0.6) is 0 Å². The third-order valence-electron chi connectivity index (χ3n) is 19.3. The third kappa shape index (κ3) is 17.5. The maximum atomic E-state index is 13.2. The topological polar surface area (TPSA) is 612 Å². The molecule has 6 aliphatic heterocycles. The molecule has 48 heteroatoms. The van der Waals surface area contributed by atoms with Crippen molar-refractivity contribution in [3.8, 4) is 0 Å². The molecular formula is C66H81N18O24P3S3. The Hall–Kier alpha value is -8.34. The van der Waals surface area contributed by atoms with Crippen LogP contribution in [0.25, 0.3) is 33.5 Å². The number of aliphatic hydroxyl groups excluding tert-OH is 3. The van der Waals surface area contributed by atoms with Gasteiger partial charge in [-0.2, -0.15) is 15.0 Å². The van der Waals surface area contributed by atoms with E-state index in [4.69, 9.17) is 59.2 Å². The van der Waals surface area contributed by atoms with Crippen LogP contribution in [0.2, 0.25) is 0 Å². The van der Waals surface area contributed by atoms with E-state index in [2.05, 4.69) is 60.1 Å². The number of carbonyl (C=O) groups excluding carboxylic acids is 3. The summed E-state index contributed by atoms with van der Waals surface area (Å²) in [6, 6.07) is 25.1. The highest BCUT2D eigenvalue weighted by Gasteiger charge is 2.58. The average molecular weight is 1700 g/mol. The fraction of sp³-hybridized carbons (Fsp3) is 0.455. The van der Waals surface area contributed by atoms with E-state index >= 15 is 0 Å². The predicted octanol–water partition coefficient (Wildman–Crippen LogP) is 2.54. The molecule has 18 N–H and O–H groups in total. The molecule has 21 atom stereocenters. The first kappa shape index (κ1) is 83.6. The minimum atomic E-state index is -3.55. The maximum absolute atomic E-state index is 13.2. The molecule has 0 spiro atoms. The van der Waals surface area contributed by atoms with Crippen molar-refractivity contribution in [3.63, 3.8) is 0 Å². The van der Waals surface area contributed by atoms with Crippen molar-refractivity contribution in [2.75, 3.05) is 54.3 Å². The van der Waals surface area contributed by atoms with Gasteiger partial charge in [0.15, 0.2) is 52.2 Å². The molecule has 6 fully saturated rings. The van der Waals surface area contributed by atoms with Crippen molar-refractivity contribution in [2.24, 2.45) is 0 Å². The molecule has 6 saturated heterocycles. The summed E-state index contributed by atoms with van der Waals surface area (Å²) in [5.74, 6) is -1.68. The van der Waals surface area contributed by atoms with E-state index in [0.717, 1.165) is 50.8 Å². The number of fused-ring (bicyclic) bond motifs is 3. The molecule has 612 valence electrons. The summed E-state index contributed by atoms with van der Waals surface area (Å²) in [5, 5.41) is 73.6. The number of aromatic amines is 3. The molecule has 15 rings (SSSR count). The number of carbonyl (C=O) groups is 3. The van der Waals surface area contributed by atoms with Crippen molar-refractivity contribution in [1.82, 2.24) is 73.8 Å². The minimum absolute atomic E-state index is 0.0247. The molecule has 0 amide bonds. The van der Waals surface area contributed by atoms with Gasteiger partial charge in [0.1, 0.15) is 89.9 Å². The van der Waals surface area contributed by atoms with Crippen molar-refractivity contribution in [3.05, 3.63) is 158 Å². The fourth-order valence-electron chi connectivity index (χ4n) is 13.0. The molecule has 12 heterocycles. The number of rotatable bonds is 21. The number of esters is 3. The highest BCUT2D eigenvalue weighted by atomic mass is 32.7. The molecule has 114 heavy (non-hydrogen) atoms. The van der Waals surface area contributed by atoms with Crippen LogP contribution < -0.4 is 49.1 Å². The van der Waals surface area contributed by atoms with Gasteiger partial charge in [0, 0.05) is 17.3 Å². The second-order valence-corrected chi connectivity index (χ2v) is 40.7. The number of hydrogen-bond donors (Lipinski definition) is 15. The number of imidazole rings is 3. The first-order valence-corrected chi connectivity index (χ1v) is 44.7. The van der Waals surface area contributed by atoms with Gasteiger partial charge in [-0.15, -0.1) is 0 Å². The number of aromatic nitrogens is 12. The summed E-state index contributed by atoms with van der Waals surface area (Å²) in [5.41, 5.74) is 12.2. The molecule has 0 bridgehead atoms. The smallest absolute Gasteiger partial charge is 0.327 e. The first-order chi connectivity index (χ1) is 53.9. The highest BCUT2D eigenvalue weighted by molar-refractivity contribution is 8.57. The fourth-order valence-corrected chi connectivity index (χ4v) is 24.7. The monoisotopic (exact) mass is 1700 g/mol. The molecule has 42 nitrogen and oxygen atoms in total. The van der Waals surface area contributed by atoms with Gasteiger partial charge in [-0.1, -0.05) is 125 Å². The molecule has 0 radical (unpaired) electrons. The van der Waals surface area contributed by atoms with Crippen molar-refractivity contribution >= 4 is 124 Å². The minimum Gasteiger partial charge on any atom is -0.457 e. The molecule has 4 unspecified atom stereocenters. The molecular weight excluding hydrogens is 1620 g/mol. The van der Waals surface area contributed by atoms with Crippen LogP contribution in [-0.2, 0) is 70.1 Å². The molecule has 0 saturated carbocycles. The zero-order valence-electron chi connectivity index (χ0n) is 61.2. The van der Waals surface area contributed by atoms with Gasteiger partial charge < -0.3 is 89.8 Å². The number of anilines is 3. The zero-order chi connectivity index (χ0) is 81.7. The van der Waals surface area contributed by atoms with E-state index in [1.165, 1.54) is 53.5 Å². The molecule has 3 aromatic carbocycles. The van der Waals surface area contributed by atoms with Gasteiger partial charge >= 0.3 is 38.1 Å². The van der Waals surface area contributed by atoms with Crippen LogP contribution in [0.1, 0.15) is 95.2 Å². The summed E-state index contributed by atoms with van der Waals surface area (Å²) in [6.07, 6.45) is -9.09. The lowest BCUT2D eigenvalue weighted by Gasteiger charge is -2.27. The van der Waals surface area contributed by atoms with Gasteiger partial charge in [-0.05, 0) is 58.2 Å². The summed E-state index contributed by atoms with van der Waals surface area (Å²) < 4.78 is 94.4. The number of hydrogen-bond acceptors (Lipinski definition) is 36. The lowest BCUT2D eigenvalue weighted by molar-refractivity contribution is -0.150. The van der Waals surface area contributed by atoms with Crippen molar-refractivity contribution < 1.29 is 101 Å². The van der Waals surface area contributed by atoms with Crippen molar-refractivity contribution in [2.45, 2.75) is 150 Å². The summed E-state index contributed by atoms with van der Waals surface area (Å²) in [6.45, 7) is -2.48. The highest BCUT2D eigenvalue weighted by Crippen LogP contribution is 2.63. The lowest BCUT2D eigenvalue weighted by atomic mass is 9.96. The van der Waals surface area contributed by atoms with E-state index < -0.39 is 163 Å². The second-order valence-electron chi connectivity index (χ2n) is 27.7. The third-order valence-corrected chi connectivity index (χ3v) is 31.4. The number of aliphatic hydroxyl groups is 6. The summed E-state index contributed by atoms with van der Waals surface area (Å²) in [4.78, 5) is 105. The quantitative estimate of drug-likeness (QED) is 0.0279. The maximum Gasteiger partial charge on any atom is 0.327 e. The average Bonchev–Trinajstić information content (AvgIpc) is 1.60. The van der Waals surface area contributed by atoms with Crippen molar-refractivity contribution in [1.29, 1.82) is 0 Å². The van der Waals surface area contributed by atoms with Gasteiger partial charge in [0.05, 0.1) is 38.8 Å². The Bertz CT molecular complexity index is 4860. The summed E-state index contributed by atoms with van der Waals surface area (Å²) in [7, 11) is 0. The first-order valence-electron chi connectivity index (χ1n) is 35.1. The molecule has 9 aromatic rings. The van der Waals surface area contributed by atoms with Gasteiger partial charge in [0.2, 0.25) is 17.8 Å². The van der Waals surface area contributed by atoms with E-state index in [9.17, 15) is 73.1 Å². The lowest BCUT2D eigenvalue weighted by Crippen LogP contribution is -2.44. The van der Waals surface area contributed by atoms with E-state index in [-0.39, 0.29) is 88.4 Å². The van der Waals surface area contributed by atoms with E-state index in [0.29, 0.717) is 0 Å². The number of nitrogens with one attached hydrogen (secondary N) is 6. The van der Waals surface area contributed by atoms with Crippen LogP contribution in [-0.4, -0.2) is 216 Å². The van der Waals surface area contributed by atoms with Crippen LogP contribution in [0.3, 0.4) is 0 Å². The largest absolute Gasteiger partial charge is 0.457 e. The Morgan fingerprint density at radius 3 is 0.965 bits per heavy atom. The number of nitrogens with two attached hydrogens (primary N) is 3. The SMILES string of the molecule is C[C@@H](OC(=O)[C@@H]1CSP(=O)(OCC2O[C@@H](n3cnc4c(=O)[nH]c(N)nc43)[C@](C)(O)[C@@H]2O)N1)c1ccccc1.C[C@@H](OC(=O)[C@@H]1CS[P@@](=O)(OCC2O[C@@H](n3cnc4c(=O)[nH]c(N)nc43)[C@](C)(O)[C@@H]2O)N1)c1ccccc1.C[C@@H](OC(=O)[C@@H]1CS[P@](=O)(OCC2O[C@@H](n3cnc4c(=O)[nH]c(N)nc43)[C@](C)(O)[C@@H]2O)N1)c1ccccc1. The molecule has 6 aromatic heterocycles. The van der Waals surface area contributed by atoms with E-state index in [1.54, 1.807) is 20.8 Å². The number of ether oxygens (including phenoxy) is 6. The number of nitrogen functional groups attached to an aromatic ring is 3. The number of benzene rings is 3. The van der Waals surface area contributed by atoms with Crippen LogP contribution in [0, 0.1) is 0 Å². The van der Waals surface area contributed by atoms with Gasteiger partial charge in [0.25, 0.3) is 16.7 Å². The zero-order valence-corrected chi connectivity index (χ0v) is 66.3. The number of nitrogens with zero attached hydrogens (tertiary/aromatic N) is 9. The molecule has 6 aliphatic rings. The Morgan fingerprint density at radius 2 is 0.719 bits per heavy atom. The Morgan fingerprint density at radius 1 is 0.474 bits per heavy atom. The van der Waals surface area contributed by atoms with E-state index in [1.807, 2.05) is 91.0 Å².